The molecular formula is C17H18N4OS. The van der Waals surface area contributed by atoms with Crippen molar-refractivity contribution in [2.24, 2.45) is 5.92 Å². The molecule has 1 fully saturated rings. The molecule has 4 rings (SSSR count). The van der Waals surface area contributed by atoms with Crippen molar-refractivity contribution in [3.63, 3.8) is 0 Å². The number of anilines is 1. The number of hydrogen-bond acceptors (Lipinski definition) is 4. The number of rotatable bonds is 3. The molecule has 2 aromatic heterocycles. The molecule has 3 aromatic rings. The summed E-state index contributed by atoms with van der Waals surface area (Å²) in [5.74, 6) is 0.949. The van der Waals surface area contributed by atoms with Crippen molar-refractivity contribution >= 4 is 33.3 Å². The summed E-state index contributed by atoms with van der Waals surface area (Å²) in [5, 5.41) is 8.27. The van der Waals surface area contributed by atoms with Crippen LogP contribution in [0.15, 0.2) is 18.2 Å². The van der Waals surface area contributed by atoms with Crippen LogP contribution in [0.25, 0.3) is 15.3 Å². The minimum atomic E-state index is 0.0824. The van der Waals surface area contributed by atoms with Gasteiger partial charge in [-0.15, -0.1) is 0 Å². The molecule has 0 unspecified atom stereocenters. The van der Waals surface area contributed by atoms with Gasteiger partial charge in [-0.25, -0.2) is 4.98 Å². The van der Waals surface area contributed by atoms with Gasteiger partial charge in [0.1, 0.15) is 5.82 Å². The Morgan fingerprint density at radius 3 is 2.70 bits per heavy atom. The van der Waals surface area contributed by atoms with E-state index in [2.05, 4.69) is 36.4 Å². The largest absolute Gasteiger partial charge is 0.310 e. The SMILES string of the molecule is Cc1cc(NC(=O)C2CC2)n(-c2nc3cc(C)c(C)cc3s2)n1. The van der Waals surface area contributed by atoms with E-state index >= 15 is 0 Å². The van der Waals surface area contributed by atoms with Crippen LogP contribution in [0.4, 0.5) is 5.82 Å². The molecular weight excluding hydrogens is 308 g/mol. The van der Waals surface area contributed by atoms with Gasteiger partial charge in [0.25, 0.3) is 0 Å². The van der Waals surface area contributed by atoms with Gasteiger partial charge in [0.05, 0.1) is 15.9 Å². The summed E-state index contributed by atoms with van der Waals surface area (Å²) in [4.78, 5) is 16.8. The maximum atomic E-state index is 12.1. The molecule has 1 aliphatic carbocycles. The number of nitrogens with one attached hydrogen (secondary N) is 1. The number of benzene rings is 1. The lowest BCUT2D eigenvalue weighted by molar-refractivity contribution is -0.117. The third kappa shape index (κ3) is 2.63. The van der Waals surface area contributed by atoms with Crippen LogP contribution in [-0.4, -0.2) is 20.7 Å². The minimum absolute atomic E-state index is 0.0824. The van der Waals surface area contributed by atoms with E-state index in [1.807, 2.05) is 13.0 Å². The Labute approximate surface area is 138 Å². The molecule has 1 amide bonds. The quantitative estimate of drug-likeness (QED) is 0.797. The van der Waals surface area contributed by atoms with Gasteiger partial charge in [0.15, 0.2) is 0 Å². The number of thiazole rings is 1. The van der Waals surface area contributed by atoms with Gasteiger partial charge in [0.2, 0.25) is 11.0 Å². The average Bonchev–Trinajstić information content (AvgIpc) is 3.18. The molecule has 1 aliphatic rings. The highest BCUT2D eigenvalue weighted by Gasteiger charge is 2.30. The highest BCUT2D eigenvalue weighted by molar-refractivity contribution is 7.20. The van der Waals surface area contributed by atoms with Crippen molar-refractivity contribution in [1.29, 1.82) is 0 Å². The number of amides is 1. The van der Waals surface area contributed by atoms with Crippen molar-refractivity contribution in [2.45, 2.75) is 33.6 Å². The first-order chi connectivity index (χ1) is 11.0. The summed E-state index contributed by atoms with van der Waals surface area (Å²) in [6.07, 6.45) is 1.97. The number of carbonyl (C=O) groups excluding carboxylic acids is 1. The first kappa shape index (κ1) is 14.4. The van der Waals surface area contributed by atoms with Crippen LogP contribution >= 0.6 is 11.3 Å². The topological polar surface area (TPSA) is 59.8 Å². The van der Waals surface area contributed by atoms with E-state index < -0.39 is 0 Å². The Balaban J connectivity index is 1.76. The number of aromatic nitrogens is 3. The van der Waals surface area contributed by atoms with Crippen molar-refractivity contribution in [3.05, 3.63) is 35.0 Å². The zero-order valence-electron chi connectivity index (χ0n) is 13.4. The molecule has 1 saturated carbocycles. The van der Waals surface area contributed by atoms with Gasteiger partial charge in [-0.05, 0) is 56.9 Å². The molecule has 0 aliphatic heterocycles. The van der Waals surface area contributed by atoms with Crippen molar-refractivity contribution in [1.82, 2.24) is 14.8 Å². The second-order valence-electron chi connectivity index (χ2n) is 6.25. The highest BCUT2D eigenvalue weighted by Crippen LogP contribution is 2.32. The fourth-order valence-corrected chi connectivity index (χ4v) is 3.58. The van der Waals surface area contributed by atoms with Crippen molar-refractivity contribution in [2.75, 3.05) is 5.32 Å². The number of hydrogen-bond donors (Lipinski definition) is 1. The molecule has 118 valence electrons. The maximum Gasteiger partial charge on any atom is 0.228 e. The molecule has 1 N–H and O–H groups in total. The molecule has 0 bridgehead atoms. The summed E-state index contributed by atoms with van der Waals surface area (Å²) < 4.78 is 2.88. The molecule has 2 heterocycles. The first-order valence-corrected chi connectivity index (χ1v) is 8.58. The number of nitrogens with zero attached hydrogens (tertiary/aromatic N) is 3. The van der Waals surface area contributed by atoms with Gasteiger partial charge < -0.3 is 5.32 Å². The predicted molar refractivity (Wildman–Crippen MR) is 92.3 cm³/mol. The van der Waals surface area contributed by atoms with E-state index in [9.17, 15) is 4.79 Å². The fraction of sp³-hybridized carbons (Fsp3) is 0.353. The Morgan fingerprint density at radius 1 is 1.22 bits per heavy atom. The third-order valence-corrected chi connectivity index (χ3v) is 5.20. The molecule has 5 nitrogen and oxygen atoms in total. The van der Waals surface area contributed by atoms with E-state index in [0.29, 0.717) is 5.82 Å². The number of aryl methyl sites for hydroxylation is 3. The highest BCUT2D eigenvalue weighted by atomic mass is 32.1. The van der Waals surface area contributed by atoms with Gasteiger partial charge in [0, 0.05) is 12.0 Å². The van der Waals surface area contributed by atoms with E-state index in [1.165, 1.54) is 11.1 Å². The summed E-state index contributed by atoms with van der Waals surface area (Å²) in [5.41, 5.74) is 4.32. The summed E-state index contributed by atoms with van der Waals surface area (Å²) in [7, 11) is 0. The first-order valence-electron chi connectivity index (χ1n) is 7.77. The maximum absolute atomic E-state index is 12.1. The lowest BCUT2D eigenvalue weighted by atomic mass is 10.1. The van der Waals surface area contributed by atoms with E-state index in [0.717, 1.165) is 33.9 Å². The van der Waals surface area contributed by atoms with E-state index in [4.69, 9.17) is 4.98 Å². The van der Waals surface area contributed by atoms with E-state index in [-0.39, 0.29) is 11.8 Å². The average molecular weight is 326 g/mol. The third-order valence-electron chi connectivity index (χ3n) is 4.20. The molecule has 0 saturated heterocycles. The molecule has 0 spiro atoms. The summed E-state index contributed by atoms with van der Waals surface area (Å²) >= 11 is 1.59. The monoisotopic (exact) mass is 326 g/mol. The predicted octanol–water partition coefficient (Wildman–Crippen LogP) is 3.76. The van der Waals surface area contributed by atoms with Crippen LogP contribution < -0.4 is 5.32 Å². The zero-order chi connectivity index (χ0) is 16.1. The minimum Gasteiger partial charge on any atom is -0.310 e. The Bertz CT molecular complexity index is 881. The number of carbonyl (C=O) groups is 1. The van der Waals surface area contributed by atoms with Crippen molar-refractivity contribution in [3.8, 4) is 5.13 Å². The van der Waals surface area contributed by atoms with Gasteiger partial charge in [-0.2, -0.15) is 9.78 Å². The Kier molecular flexibility index (Phi) is 3.23. The smallest absolute Gasteiger partial charge is 0.228 e. The van der Waals surface area contributed by atoms with Crippen LogP contribution in [-0.2, 0) is 4.79 Å². The van der Waals surface area contributed by atoms with Crippen LogP contribution in [0.5, 0.6) is 0 Å². The molecule has 6 heteroatoms. The van der Waals surface area contributed by atoms with Crippen LogP contribution in [0.2, 0.25) is 0 Å². The van der Waals surface area contributed by atoms with Crippen molar-refractivity contribution < 1.29 is 4.79 Å². The summed E-state index contributed by atoms with van der Waals surface area (Å²) in [6, 6.07) is 6.15. The van der Waals surface area contributed by atoms with Crippen LogP contribution in [0, 0.1) is 26.7 Å². The normalized spacial score (nSPS) is 14.4. The van der Waals surface area contributed by atoms with E-state index in [1.54, 1.807) is 16.0 Å². The van der Waals surface area contributed by atoms with Gasteiger partial charge in [-0.1, -0.05) is 11.3 Å². The number of fused-ring (bicyclic) bond motifs is 1. The molecule has 1 aromatic carbocycles. The molecule has 0 radical (unpaired) electrons. The second kappa shape index (κ2) is 5.16. The lowest BCUT2D eigenvalue weighted by Crippen LogP contribution is -2.16. The molecule has 0 atom stereocenters. The van der Waals surface area contributed by atoms with Gasteiger partial charge in [-0.3, -0.25) is 4.79 Å². The lowest BCUT2D eigenvalue weighted by Gasteiger charge is -2.05. The fourth-order valence-electron chi connectivity index (χ4n) is 2.57. The Hall–Kier alpha value is -2.21. The zero-order valence-corrected chi connectivity index (χ0v) is 14.2. The van der Waals surface area contributed by atoms with Gasteiger partial charge >= 0.3 is 0 Å². The molecule has 23 heavy (non-hydrogen) atoms. The summed E-state index contributed by atoms with van der Waals surface area (Å²) in [6.45, 7) is 6.12. The standard InChI is InChI=1S/C17H18N4OS/c1-9-6-13-14(7-10(9)2)23-17(18-13)21-15(8-11(3)20-21)19-16(22)12-4-5-12/h6-8,12H,4-5H2,1-3H3,(H,19,22). The van der Waals surface area contributed by atoms with Crippen LogP contribution in [0.3, 0.4) is 0 Å². The van der Waals surface area contributed by atoms with Crippen LogP contribution in [0.1, 0.15) is 29.7 Å². The Morgan fingerprint density at radius 2 is 1.96 bits per heavy atom. The second-order valence-corrected chi connectivity index (χ2v) is 7.26.